The van der Waals surface area contributed by atoms with Gasteiger partial charge in [-0.1, -0.05) is 6.08 Å². The van der Waals surface area contributed by atoms with Crippen molar-refractivity contribution in [2.75, 3.05) is 39.3 Å². The van der Waals surface area contributed by atoms with Gasteiger partial charge >= 0.3 is 0 Å². The number of amides is 1. The van der Waals surface area contributed by atoms with Gasteiger partial charge in [0, 0.05) is 32.2 Å². The summed E-state index contributed by atoms with van der Waals surface area (Å²) in [6.45, 7) is 9.01. The summed E-state index contributed by atoms with van der Waals surface area (Å²) < 4.78 is 0. The van der Waals surface area contributed by atoms with E-state index in [1.54, 1.807) is 6.08 Å². The maximum absolute atomic E-state index is 12.0. The minimum atomic E-state index is 0.237. The quantitative estimate of drug-likeness (QED) is 0.570. The van der Waals surface area contributed by atoms with E-state index in [1.807, 2.05) is 4.90 Å². The summed E-state index contributed by atoms with van der Waals surface area (Å²) in [6, 6.07) is 0.612. The molecule has 0 aromatic carbocycles. The fraction of sp³-hybridized carbons (Fsp3) is 0.769. The highest BCUT2D eigenvalue weighted by molar-refractivity contribution is 5.78. The van der Waals surface area contributed by atoms with Crippen molar-refractivity contribution in [2.24, 2.45) is 0 Å². The zero-order valence-electron chi connectivity index (χ0n) is 10.5. The molecule has 4 heteroatoms. The molecule has 1 amide bonds. The standard InChI is InChI=1S/C13H23N3O/c1-2-6-14-10-13(17)16-9-4-8-15-7-3-5-12(15)11-16/h2,12,14H,1,3-11H2. The van der Waals surface area contributed by atoms with Crippen LogP contribution in [0.15, 0.2) is 12.7 Å². The smallest absolute Gasteiger partial charge is 0.236 e. The highest BCUT2D eigenvalue weighted by atomic mass is 16.2. The minimum Gasteiger partial charge on any atom is -0.340 e. The van der Waals surface area contributed by atoms with Gasteiger partial charge in [0.15, 0.2) is 0 Å². The van der Waals surface area contributed by atoms with Crippen LogP contribution in [-0.4, -0.2) is 61.0 Å². The Bertz CT molecular complexity index is 280. The molecule has 1 N–H and O–H groups in total. The molecule has 0 aromatic heterocycles. The van der Waals surface area contributed by atoms with E-state index in [-0.39, 0.29) is 5.91 Å². The number of hydrogen-bond acceptors (Lipinski definition) is 3. The monoisotopic (exact) mass is 237 g/mol. The Labute approximate surface area is 104 Å². The van der Waals surface area contributed by atoms with Crippen LogP contribution in [0.5, 0.6) is 0 Å². The van der Waals surface area contributed by atoms with E-state index in [1.165, 1.54) is 19.4 Å². The van der Waals surface area contributed by atoms with E-state index < -0.39 is 0 Å². The van der Waals surface area contributed by atoms with Crippen molar-refractivity contribution in [2.45, 2.75) is 25.3 Å². The van der Waals surface area contributed by atoms with Crippen LogP contribution < -0.4 is 5.32 Å². The SMILES string of the molecule is C=CCNCC(=O)N1CCCN2CCCC2C1. The molecule has 0 spiro atoms. The first kappa shape index (κ1) is 12.6. The average molecular weight is 237 g/mol. The molecule has 2 aliphatic heterocycles. The number of carbonyl (C=O) groups excluding carboxylic acids is 1. The second-order valence-corrected chi connectivity index (χ2v) is 4.94. The molecule has 0 radical (unpaired) electrons. The highest BCUT2D eigenvalue weighted by Gasteiger charge is 2.30. The van der Waals surface area contributed by atoms with Crippen molar-refractivity contribution in [1.29, 1.82) is 0 Å². The van der Waals surface area contributed by atoms with Crippen LogP contribution in [0.4, 0.5) is 0 Å². The van der Waals surface area contributed by atoms with E-state index in [0.717, 1.165) is 26.1 Å². The van der Waals surface area contributed by atoms with E-state index in [0.29, 0.717) is 19.1 Å². The summed E-state index contributed by atoms with van der Waals surface area (Å²) in [7, 11) is 0. The molecule has 2 rings (SSSR count). The second-order valence-electron chi connectivity index (χ2n) is 4.94. The molecule has 0 aromatic rings. The summed E-state index contributed by atoms with van der Waals surface area (Å²) in [5.74, 6) is 0.237. The van der Waals surface area contributed by atoms with Crippen LogP contribution in [0.2, 0.25) is 0 Å². The van der Waals surface area contributed by atoms with Gasteiger partial charge in [0.1, 0.15) is 0 Å². The highest BCUT2D eigenvalue weighted by Crippen LogP contribution is 2.21. The Morgan fingerprint density at radius 2 is 2.18 bits per heavy atom. The van der Waals surface area contributed by atoms with Crippen molar-refractivity contribution in [3.05, 3.63) is 12.7 Å². The number of nitrogens with zero attached hydrogens (tertiary/aromatic N) is 2. The lowest BCUT2D eigenvalue weighted by molar-refractivity contribution is -0.130. The topological polar surface area (TPSA) is 35.6 Å². The molecule has 2 heterocycles. The summed E-state index contributed by atoms with van der Waals surface area (Å²) in [6.07, 6.45) is 5.45. The lowest BCUT2D eigenvalue weighted by Crippen LogP contribution is -2.43. The predicted octanol–water partition coefficient (Wildman–Crippen LogP) is 0.459. The van der Waals surface area contributed by atoms with Gasteiger partial charge in [-0.05, 0) is 25.8 Å². The first-order chi connectivity index (χ1) is 8.31. The zero-order chi connectivity index (χ0) is 12.1. The zero-order valence-corrected chi connectivity index (χ0v) is 10.5. The molecule has 2 saturated heterocycles. The third kappa shape index (κ3) is 3.30. The van der Waals surface area contributed by atoms with Gasteiger partial charge in [-0.2, -0.15) is 0 Å². The predicted molar refractivity (Wildman–Crippen MR) is 68.9 cm³/mol. The molecule has 96 valence electrons. The Kier molecular flexibility index (Phi) is 4.57. The van der Waals surface area contributed by atoms with Crippen LogP contribution in [0.3, 0.4) is 0 Å². The van der Waals surface area contributed by atoms with Crippen LogP contribution in [0.25, 0.3) is 0 Å². The third-order valence-electron chi connectivity index (χ3n) is 3.72. The first-order valence-corrected chi connectivity index (χ1v) is 6.64. The second kappa shape index (κ2) is 6.17. The minimum absolute atomic E-state index is 0.237. The normalized spacial score (nSPS) is 25.4. The fourth-order valence-electron chi connectivity index (χ4n) is 2.83. The molecular weight excluding hydrogens is 214 g/mol. The van der Waals surface area contributed by atoms with E-state index in [4.69, 9.17) is 0 Å². The molecule has 1 unspecified atom stereocenters. The Morgan fingerprint density at radius 1 is 1.35 bits per heavy atom. The molecule has 1 atom stereocenters. The summed E-state index contributed by atoms with van der Waals surface area (Å²) in [5.41, 5.74) is 0. The molecule has 4 nitrogen and oxygen atoms in total. The van der Waals surface area contributed by atoms with Crippen molar-refractivity contribution < 1.29 is 4.79 Å². The number of carbonyl (C=O) groups is 1. The largest absolute Gasteiger partial charge is 0.340 e. The summed E-state index contributed by atoms with van der Waals surface area (Å²) in [5, 5.41) is 3.09. The van der Waals surface area contributed by atoms with Crippen molar-refractivity contribution in [1.82, 2.24) is 15.1 Å². The van der Waals surface area contributed by atoms with Gasteiger partial charge < -0.3 is 10.2 Å². The molecule has 0 aliphatic carbocycles. The van der Waals surface area contributed by atoms with E-state index in [9.17, 15) is 4.79 Å². The maximum atomic E-state index is 12.0. The Morgan fingerprint density at radius 3 is 3.00 bits per heavy atom. The van der Waals surface area contributed by atoms with Gasteiger partial charge in [0.05, 0.1) is 6.54 Å². The molecule has 2 aliphatic rings. The molecule has 0 bridgehead atoms. The lowest BCUT2D eigenvalue weighted by Gasteiger charge is -2.25. The van der Waals surface area contributed by atoms with E-state index in [2.05, 4.69) is 16.8 Å². The summed E-state index contributed by atoms with van der Waals surface area (Å²) in [4.78, 5) is 16.6. The van der Waals surface area contributed by atoms with Gasteiger partial charge in [-0.15, -0.1) is 6.58 Å². The number of hydrogen-bond donors (Lipinski definition) is 1. The molecule has 2 fully saturated rings. The third-order valence-corrected chi connectivity index (χ3v) is 3.72. The van der Waals surface area contributed by atoms with Gasteiger partial charge in [0.25, 0.3) is 0 Å². The van der Waals surface area contributed by atoms with E-state index >= 15 is 0 Å². The number of rotatable bonds is 4. The first-order valence-electron chi connectivity index (χ1n) is 6.64. The van der Waals surface area contributed by atoms with Crippen LogP contribution in [0.1, 0.15) is 19.3 Å². The average Bonchev–Trinajstić information content (AvgIpc) is 2.66. The van der Waals surface area contributed by atoms with Gasteiger partial charge in [-0.25, -0.2) is 0 Å². The lowest BCUT2D eigenvalue weighted by atomic mass is 10.2. The molecular formula is C13H23N3O. The fourth-order valence-corrected chi connectivity index (χ4v) is 2.83. The summed E-state index contributed by atoms with van der Waals surface area (Å²) >= 11 is 0. The van der Waals surface area contributed by atoms with Gasteiger partial charge in [-0.3, -0.25) is 9.69 Å². The van der Waals surface area contributed by atoms with Crippen LogP contribution in [0, 0.1) is 0 Å². The molecule has 17 heavy (non-hydrogen) atoms. The van der Waals surface area contributed by atoms with Crippen molar-refractivity contribution in [3.8, 4) is 0 Å². The Balaban J connectivity index is 1.83. The van der Waals surface area contributed by atoms with Crippen LogP contribution in [-0.2, 0) is 4.79 Å². The number of fused-ring (bicyclic) bond motifs is 1. The molecule has 0 saturated carbocycles. The maximum Gasteiger partial charge on any atom is 0.236 e. The van der Waals surface area contributed by atoms with Crippen molar-refractivity contribution in [3.63, 3.8) is 0 Å². The van der Waals surface area contributed by atoms with Crippen LogP contribution >= 0.6 is 0 Å². The van der Waals surface area contributed by atoms with Gasteiger partial charge in [0.2, 0.25) is 5.91 Å². The Hall–Kier alpha value is -0.870. The van der Waals surface area contributed by atoms with Crippen molar-refractivity contribution >= 4 is 5.91 Å². The number of nitrogens with one attached hydrogen (secondary N) is 1.